The molecule has 0 rings (SSSR count). The Kier molecular flexibility index (Phi) is 31.7. The highest BCUT2D eigenvalue weighted by Gasteiger charge is 1.48. The molecule has 0 amide bonds. The molecule has 0 aliphatic carbocycles. The highest BCUT2D eigenvalue weighted by Crippen LogP contribution is 1.08. The summed E-state index contributed by atoms with van der Waals surface area (Å²) in [5, 5.41) is 17.0. The lowest BCUT2D eigenvalue weighted by Gasteiger charge is -1.59. The summed E-state index contributed by atoms with van der Waals surface area (Å²) in [7, 11) is 3.00. The monoisotopic (exact) mass is 91.1 g/mol. The lowest BCUT2D eigenvalue weighted by Crippen LogP contribution is -1.89. The second-order valence-electron chi connectivity index (χ2n) is 0.641. The summed E-state index contributed by atoms with van der Waals surface area (Å²) in [6, 6.07) is 0. The van der Waals surface area contributed by atoms with Gasteiger partial charge in [-0.05, 0) is 14.1 Å². The van der Waals surface area contributed by atoms with E-state index in [-0.39, 0.29) is 0 Å². The van der Waals surface area contributed by atoms with E-state index in [1.807, 2.05) is 14.1 Å². The van der Waals surface area contributed by atoms with Crippen LogP contribution >= 0.6 is 0 Å². The van der Waals surface area contributed by atoms with Crippen molar-refractivity contribution in [2.24, 2.45) is 0 Å². The van der Waals surface area contributed by atoms with Crippen molar-refractivity contribution in [1.29, 1.82) is 0 Å². The van der Waals surface area contributed by atoms with Crippen molar-refractivity contribution in [2.75, 3.05) is 14.1 Å². The molecule has 4 heteroatoms. The molecule has 0 atom stereocenters. The molecule has 0 unspecified atom stereocenters. The Morgan fingerprint density at radius 1 is 1.33 bits per heavy atom. The minimum Gasteiger partial charge on any atom is -0.430 e. The Bertz CT molecular complexity index is 13.5. The standard InChI is InChI=1S/C2H7N.BH3O2/c1-3-2;2-1-3/h3H,1-2H3;1-3H. The highest BCUT2D eigenvalue weighted by molar-refractivity contribution is 6.13. The SMILES string of the molecule is CNC.OBO. The lowest BCUT2D eigenvalue weighted by atomic mass is 10.5. The predicted molar refractivity (Wildman–Crippen MR) is 26.6 cm³/mol. The Labute approximate surface area is 38.3 Å². The molecule has 0 spiro atoms. The zero-order chi connectivity index (χ0) is 5.41. The first kappa shape index (κ1) is 9.34. The number of hydrogen-bond acceptors (Lipinski definition) is 3. The van der Waals surface area contributed by atoms with Crippen LogP contribution in [0.2, 0.25) is 0 Å². The van der Waals surface area contributed by atoms with Gasteiger partial charge >= 0.3 is 7.69 Å². The third kappa shape index (κ3) is 11300. The minimum atomic E-state index is -0.750. The molecule has 0 aliphatic heterocycles. The first-order valence-corrected chi connectivity index (χ1v) is 1.63. The molecular weight excluding hydrogens is 80.8 g/mol. The van der Waals surface area contributed by atoms with Crippen LogP contribution in [0.3, 0.4) is 0 Å². The molecule has 3 nitrogen and oxygen atoms in total. The van der Waals surface area contributed by atoms with Crippen molar-refractivity contribution in [2.45, 2.75) is 0 Å². The highest BCUT2D eigenvalue weighted by atomic mass is 16.4. The van der Waals surface area contributed by atoms with Crippen molar-refractivity contribution >= 4 is 7.69 Å². The number of rotatable bonds is 0. The Morgan fingerprint density at radius 2 is 1.33 bits per heavy atom. The van der Waals surface area contributed by atoms with Crippen LogP contribution < -0.4 is 5.32 Å². The third-order valence-electron chi connectivity index (χ3n) is 0. The van der Waals surface area contributed by atoms with Crippen LogP contribution in [0, 0.1) is 0 Å². The van der Waals surface area contributed by atoms with E-state index in [0.29, 0.717) is 0 Å². The Balaban J connectivity index is 0. The van der Waals surface area contributed by atoms with Crippen molar-refractivity contribution in [3.05, 3.63) is 0 Å². The van der Waals surface area contributed by atoms with E-state index >= 15 is 0 Å². The molecule has 38 valence electrons. The maximum Gasteiger partial charge on any atom is 0.432 e. The van der Waals surface area contributed by atoms with Gasteiger partial charge in [0, 0.05) is 0 Å². The summed E-state index contributed by atoms with van der Waals surface area (Å²) in [5.74, 6) is 0. The third-order valence-corrected chi connectivity index (χ3v) is 0. The molecule has 0 heterocycles. The summed E-state index contributed by atoms with van der Waals surface area (Å²) < 4.78 is 0. The molecule has 0 aromatic heterocycles. The van der Waals surface area contributed by atoms with Gasteiger partial charge in [-0.3, -0.25) is 0 Å². The van der Waals surface area contributed by atoms with Gasteiger partial charge in [0.15, 0.2) is 0 Å². The Hall–Kier alpha value is -0.0551. The summed E-state index contributed by atoms with van der Waals surface area (Å²) >= 11 is 0. The van der Waals surface area contributed by atoms with Crippen LogP contribution in [-0.2, 0) is 0 Å². The van der Waals surface area contributed by atoms with Crippen molar-refractivity contribution in [3.63, 3.8) is 0 Å². The molecule has 6 heavy (non-hydrogen) atoms. The topological polar surface area (TPSA) is 52.5 Å². The average Bonchev–Trinajstić information content (AvgIpc) is 1.39. The van der Waals surface area contributed by atoms with Crippen LogP contribution in [0.1, 0.15) is 0 Å². The first-order chi connectivity index (χ1) is 2.83. The second kappa shape index (κ2) is 20.3. The molecule has 3 N–H and O–H groups in total. The molecule has 0 saturated heterocycles. The van der Waals surface area contributed by atoms with Crippen LogP contribution in [0.4, 0.5) is 0 Å². The average molecular weight is 90.9 g/mol. The van der Waals surface area contributed by atoms with Gasteiger partial charge in [-0.25, -0.2) is 0 Å². The van der Waals surface area contributed by atoms with Crippen molar-refractivity contribution in [3.8, 4) is 0 Å². The van der Waals surface area contributed by atoms with E-state index in [1.165, 1.54) is 0 Å². The molecule has 0 bridgehead atoms. The molecule has 0 radical (unpaired) electrons. The zero-order valence-corrected chi connectivity index (χ0v) is 4.10. The van der Waals surface area contributed by atoms with Gasteiger partial charge in [-0.2, -0.15) is 0 Å². The van der Waals surface area contributed by atoms with Gasteiger partial charge in [-0.1, -0.05) is 0 Å². The van der Waals surface area contributed by atoms with Gasteiger partial charge in [0.2, 0.25) is 0 Å². The van der Waals surface area contributed by atoms with Crippen LogP contribution in [0.15, 0.2) is 0 Å². The van der Waals surface area contributed by atoms with Crippen LogP contribution in [-0.4, -0.2) is 31.8 Å². The van der Waals surface area contributed by atoms with E-state index in [0.717, 1.165) is 0 Å². The maximum absolute atomic E-state index is 7.12. The summed E-state index contributed by atoms with van der Waals surface area (Å²) in [6.45, 7) is 0. The molecular formula is C2H10BNO2. The predicted octanol–water partition coefficient (Wildman–Crippen LogP) is -1.93. The fourth-order valence-electron chi connectivity index (χ4n) is 0. The van der Waals surface area contributed by atoms with Crippen molar-refractivity contribution < 1.29 is 10.0 Å². The largest absolute Gasteiger partial charge is 0.432 e. The summed E-state index contributed by atoms with van der Waals surface area (Å²) in [6.07, 6.45) is 0. The van der Waals surface area contributed by atoms with E-state index in [4.69, 9.17) is 10.0 Å². The first-order valence-electron chi connectivity index (χ1n) is 1.63. The number of nitrogens with one attached hydrogen (secondary N) is 1. The maximum atomic E-state index is 7.12. The summed E-state index contributed by atoms with van der Waals surface area (Å²) in [4.78, 5) is 0. The number of hydrogen-bond donors (Lipinski definition) is 3. The van der Waals surface area contributed by atoms with Crippen LogP contribution in [0.25, 0.3) is 0 Å². The van der Waals surface area contributed by atoms with E-state index in [2.05, 4.69) is 5.32 Å². The fourth-order valence-corrected chi connectivity index (χ4v) is 0. The van der Waals surface area contributed by atoms with Gasteiger partial charge in [0.1, 0.15) is 0 Å². The summed E-state index contributed by atoms with van der Waals surface area (Å²) in [5.41, 5.74) is 0. The zero-order valence-electron chi connectivity index (χ0n) is 4.10. The van der Waals surface area contributed by atoms with Crippen molar-refractivity contribution in [1.82, 2.24) is 5.32 Å². The normalized spacial score (nSPS) is 5.33. The van der Waals surface area contributed by atoms with Gasteiger partial charge < -0.3 is 15.4 Å². The molecule has 0 fully saturated rings. The smallest absolute Gasteiger partial charge is 0.430 e. The molecule has 0 saturated carbocycles. The van der Waals surface area contributed by atoms with E-state index in [1.54, 1.807) is 0 Å². The van der Waals surface area contributed by atoms with E-state index < -0.39 is 7.69 Å². The minimum absolute atomic E-state index is 0.750. The van der Waals surface area contributed by atoms with Gasteiger partial charge in [-0.15, -0.1) is 0 Å². The molecule has 0 aromatic rings. The molecule has 0 aliphatic rings. The quantitative estimate of drug-likeness (QED) is 0.304. The van der Waals surface area contributed by atoms with E-state index in [9.17, 15) is 0 Å². The molecule has 0 aromatic carbocycles. The van der Waals surface area contributed by atoms with Gasteiger partial charge in [0.25, 0.3) is 0 Å². The lowest BCUT2D eigenvalue weighted by molar-refractivity contribution is 0.448. The Morgan fingerprint density at radius 3 is 1.33 bits per heavy atom. The van der Waals surface area contributed by atoms with Gasteiger partial charge in [0.05, 0.1) is 0 Å². The fraction of sp³-hybridized carbons (Fsp3) is 1.00. The van der Waals surface area contributed by atoms with Crippen LogP contribution in [0.5, 0.6) is 0 Å². The second-order valence-corrected chi connectivity index (χ2v) is 0.641.